The van der Waals surface area contributed by atoms with Crippen LogP contribution in [0.1, 0.15) is 19.4 Å². The van der Waals surface area contributed by atoms with Crippen molar-refractivity contribution in [2.75, 3.05) is 6.54 Å². The van der Waals surface area contributed by atoms with E-state index >= 15 is 0 Å². The van der Waals surface area contributed by atoms with Crippen molar-refractivity contribution in [3.8, 4) is 11.5 Å². The standard InChI is InChI=1S/C20H20ClN3O3/c1-20(2,19(26)22-12-11-14-5-7-15(21)8-6-14)24-18(25)10-9-16(23-24)17-4-3-13-27-17/h3-10,13H,11-12H2,1-2H3,(H,22,26). The molecule has 3 rings (SSSR count). The van der Waals surface area contributed by atoms with E-state index in [1.807, 2.05) is 24.3 Å². The molecule has 1 N–H and O–H groups in total. The van der Waals surface area contributed by atoms with E-state index in [4.69, 9.17) is 16.0 Å². The van der Waals surface area contributed by atoms with Gasteiger partial charge in [-0.2, -0.15) is 5.10 Å². The first kappa shape index (κ1) is 18.9. The molecule has 2 aromatic heterocycles. The summed E-state index contributed by atoms with van der Waals surface area (Å²) in [6, 6.07) is 13.9. The Hall–Kier alpha value is -2.86. The molecular weight excluding hydrogens is 366 g/mol. The van der Waals surface area contributed by atoms with Crippen LogP contribution in [0.3, 0.4) is 0 Å². The van der Waals surface area contributed by atoms with E-state index in [2.05, 4.69) is 10.4 Å². The van der Waals surface area contributed by atoms with Crippen molar-refractivity contribution in [1.29, 1.82) is 0 Å². The summed E-state index contributed by atoms with van der Waals surface area (Å²) in [7, 11) is 0. The molecule has 0 spiro atoms. The number of rotatable bonds is 6. The molecule has 0 fully saturated rings. The molecule has 0 aliphatic carbocycles. The lowest BCUT2D eigenvalue weighted by Gasteiger charge is -2.25. The summed E-state index contributed by atoms with van der Waals surface area (Å²) in [4.78, 5) is 25.0. The highest BCUT2D eigenvalue weighted by Crippen LogP contribution is 2.18. The zero-order valence-electron chi connectivity index (χ0n) is 15.1. The van der Waals surface area contributed by atoms with Gasteiger partial charge in [-0.1, -0.05) is 23.7 Å². The van der Waals surface area contributed by atoms with E-state index in [0.29, 0.717) is 29.4 Å². The number of nitrogens with one attached hydrogen (secondary N) is 1. The van der Waals surface area contributed by atoms with Crippen molar-refractivity contribution < 1.29 is 9.21 Å². The van der Waals surface area contributed by atoms with Crippen LogP contribution in [-0.2, 0) is 16.8 Å². The van der Waals surface area contributed by atoms with Gasteiger partial charge in [-0.3, -0.25) is 9.59 Å². The minimum atomic E-state index is -1.15. The van der Waals surface area contributed by atoms with Crippen LogP contribution in [0.2, 0.25) is 5.02 Å². The Kier molecular flexibility index (Phi) is 5.46. The molecule has 0 atom stereocenters. The first-order valence-electron chi connectivity index (χ1n) is 8.55. The quantitative estimate of drug-likeness (QED) is 0.706. The molecule has 27 heavy (non-hydrogen) atoms. The number of carbonyl (C=O) groups excluding carboxylic acids is 1. The molecule has 7 heteroatoms. The van der Waals surface area contributed by atoms with Crippen LogP contribution in [0.15, 0.2) is 64.0 Å². The van der Waals surface area contributed by atoms with Gasteiger partial charge in [0, 0.05) is 17.6 Å². The van der Waals surface area contributed by atoms with Crippen molar-refractivity contribution in [1.82, 2.24) is 15.1 Å². The third kappa shape index (κ3) is 4.28. The van der Waals surface area contributed by atoms with E-state index in [1.54, 1.807) is 32.0 Å². The predicted octanol–water partition coefficient (Wildman–Crippen LogP) is 3.25. The summed E-state index contributed by atoms with van der Waals surface area (Å²) in [5.41, 5.74) is 0.0390. The molecule has 3 aromatic rings. The molecule has 0 radical (unpaired) electrons. The Balaban J connectivity index is 1.73. The normalized spacial score (nSPS) is 11.4. The number of hydrogen-bond donors (Lipinski definition) is 1. The number of aromatic nitrogens is 2. The van der Waals surface area contributed by atoms with Crippen LogP contribution in [0.4, 0.5) is 0 Å². The van der Waals surface area contributed by atoms with Crippen LogP contribution in [0.25, 0.3) is 11.5 Å². The third-order valence-corrected chi connectivity index (χ3v) is 4.52. The van der Waals surface area contributed by atoms with Gasteiger partial charge < -0.3 is 9.73 Å². The molecule has 0 saturated carbocycles. The van der Waals surface area contributed by atoms with E-state index < -0.39 is 5.54 Å². The summed E-state index contributed by atoms with van der Waals surface area (Å²) >= 11 is 5.87. The van der Waals surface area contributed by atoms with Gasteiger partial charge in [0.15, 0.2) is 5.76 Å². The van der Waals surface area contributed by atoms with Gasteiger partial charge in [0.25, 0.3) is 5.56 Å². The SMILES string of the molecule is CC(C)(C(=O)NCCc1ccc(Cl)cc1)n1nc(-c2ccco2)ccc1=O. The molecule has 0 aliphatic heterocycles. The Morgan fingerprint density at radius 3 is 2.59 bits per heavy atom. The minimum Gasteiger partial charge on any atom is -0.463 e. The van der Waals surface area contributed by atoms with Crippen molar-refractivity contribution >= 4 is 17.5 Å². The largest absolute Gasteiger partial charge is 0.463 e. The van der Waals surface area contributed by atoms with Crippen molar-refractivity contribution in [2.45, 2.75) is 25.8 Å². The average Bonchev–Trinajstić information content (AvgIpc) is 3.18. The summed E-state index contributed by atoms with van der Waals surface area (Å²) in [6.07, 6.45) is 2.19. The molecule has 140 valence electrons. The fourth-order valence-corrected chi connectivity index (χ4v) is 2.78. The molecule has 1 amide bonds. The lowest BCUT2D eigenvalue weighted by molar-refractivity contribution is -0.128. The smallest absolute Gasteiger partial charge is 0.267 e. The lowest BCUT2D eigenvalue weighted by atomic mass is 10.0. The first-order valence-corrected chi connectivity index (χ1v) is 8.93. The highest BCUT2D eigenvalue weighted by atomic mass is 35.5. The van der Waals surface area contributed by atoms with Crippen LogP contribution in [-0.4, -0.2) is 22.2 Å². The molecule has 1 aromatic carbocycles. The second kappa shape index (κ2) is 7.80. The Morgan fingerprint density at radius 2 is 1.93 bits per heavy atom. The van der Waals surface area contributed by atoms with Gasteiger partial charge in [0.05, 0.1) is 6.26 Å². The summed E-state index contributed by atoms with van der Waals surface area (Å²) in [6.45, 7) is 3.76. The maximum atomic E-state index is 12.7. The highest BCUT2D eigenvalue weighted by molar-refractivity contribution is 6.30. The van der Waals surface area contributed by atoms with E-state index in [0.717, 1.165) is 5.56 Å². The highest BCUT2D eigenvalue weighted by Gasteiger charge is 2.32. The van der Waals surface area contributed by atoms with E-state index in [9.17, 15) is 9.59 Å². The molecular formula is C20H20ClN3O3. The summed E-state index contributed by atoms with van der Waals surface area (Å²) in [5, 5.41) is 7.86. The number of halogens is 1. The van der Waals surface area contributed by atoms with Crippen LogP contribution < -0.4 is 10.9 Å². The molecule has 0 unspecified atom stereocenters. The van der Waals surface area contributed by atoms with Crippen molar-refractivity contribution in [3.05, 3.63) is 75.7 Å². The number of carbonyl (C=O) groups is 1. The van der Waals surface area contributed by atoms with Crippen LogP contribution in [0.5, 0.6) is 0 Å². The van der Waals surface area contributed by atoms with Gasteiger partial charge in [0.2, 0.25) is 5.91 Å². The fraction of sp³-hybridized carbons (Fsp3) is 0.250. The number of nitrogens with zero attached hydrogens (tertiary/aromatic N) is 2. The summed E-state index contributed by atoms with van der Waals surface area (Å²) < 4.78 is 6.51. The van der Waals surface area contributed by atoms with Crippen molar-refractivity contribution in [2.24, 2.45) is 0 Å². The molecule has 2 heterocycles. The zero-order valence-corrected chi connectivity index (χ0v) is 15.9. The number of benzene rings is 1. The van der Waals surface area contributed by atoms with Crippen LogP contribution in [0, 0.1) is 0 Å². The second-order valence-corrected chi connectivity index (χ2v) is 7.07. The van der Waals surface area contributed by atoms with Gasteiger partial charge in [-0.25, -0.2) is 4.68 Å². The zero-order chi connectivity index (χ0) is 19.4. The maximum absolute atomic E-state index is 12.7. The van der Waals surface area contributed by atoms with Gasteiger partial charge in [0.1, 0.15) is 11.2 Å². The number of amides is 1. The molecule has 0 aliphatic rings. The Morgan fingerprint density at radius 1 is 1.19 bits per heavy atom. The third-order valence-electron chi connectivity index (χ3n) is 4.27. The van der Waals surface area contributed by atoms with Gasteiger partial charge in [-0.15, -0.1) is 0 Å². The first-order chi connectivity index (χ1) is 12.9. The number of hydrogen-bond acceptors (Lipinski definition) is 4. The Bertz CT molecular complexity index is 976. The fourth-order valence-electron chi connectivity index (χ4n) is 2.65. The van der Waals surface area contributed by atoms with Gasteiger partial charge >= 0.3 is 0 Å². The van der Waals surface area contributed by atoms with Crippen LogP contribution >= 0.6 is 11.6 Å². The van der Waals surface area contributed by atoms with E-state index in [-0.39, 0.29) is 11.5 Å². The molecule has 0 saturated heterocycles. The van der Waals surface area contributed by atoms with Gasteiger partial charge in [-0.05, 0) is 56.2 Å². The maximum Gasteiger partial charge on any atom is 0.267 e. The predicted molar refractivity (Wildman–Crippen MR) is 104 cm³/mol. The topological polar surface area (TPSA) is 77.1 Å². The molecule has 0 bridgehead atoms. The molecule has 6 nitrogen and oxygen atoms in total. The lowest BCUT2D eigenvalue weighted by Crippen LogP contribution is -2.50. The van der Waals surface area contributed by atoms with E-state index in [1.165, 1.54) is 17.0 Å². The number of furan rings is 1. The average molecular weight is 386 g/mol. The Labute approximate surface area is 161 Å². The monoisotopic (exact) mass is 385 g/mol. The summed E-state index contributed by atoms with van der Waals surface area (Å²) in [5.74, 6) is 0.241. The second-order valence-electron chi connectivity index (χ2n) is 6.64. The minimum absolute atomic E-state index is 0.289. The van der Waals surface area contributed by atoms with Crippen molar-refractivity contribution in [3.63, 3.8) is 0 Å².